The Morgan fingerprint density at radius 3 is 2.57 bits per heavy atom. The van der Waals surface area contributed by atoms with E-state index in [0.717, 1.165) is 11.3 Å². The Balaban J connectivity index is 2.04. The molecule has 2 rings (SSSR count). The van der Waals surface area contributed by atoms with Crippen molar-refractivity contribution in [1.82, 2.24) is 4.98 Å². The number of sulfonamides is 1. The largest absolute Gasteiger partial charge is 0.375 e. The summed E-state index contributed by atoms with van der Waals surface area (Å²) in [5.74, 6) is 0.125. The fourth-order valence-corrected chi connectivity index (χ4v) is 3.39. The summed E-state index contributed by atoms with van der Waals surface area (Å²) in [5, 5.41) is 2.41. The number of benzene rings is 1. The lowest BCUT2D eigenvalue weighted by atomic mass is 10.2. The predicted octanol–water partition coefficient (Wildman–Crippen LogP) is 3.05. The van der Waals surface area contributed by atoms with Crippen LogP contribution < -0.4 is 10.5 Å². The van der Waals surface area contributed by atoms with Crippen molar-refractivity contribution in [3.63, 3.8) is 0 Å². The van der Waals surface area contributed by atoms with Gasteiger partial charge in [0.2, 0.25) is 10.0 Å². The lowest BCUT2D eigenvalue weighted by Crippen LogP contribution is -2.15. The van der Waals surface area contributed by atoms with Gasteiger partial charge in [0.1, 0.15) is 0 Å². The summed E-state index contributed by atoms with van der Waals surface area (Å²) in [6, 6.07) is 7.16. The van der Waals surface area contributed by atoms with Crippen LogP contribution in [-0.2, 0) is 10.0 Å². The maximum atomic E-state index is 11.7. The van der Waals surface area contributed by atoms with Crippen LogP contribution in [0.2, 0.25) is 0 Å². The van der Waals surface area contributed by atoms with Gasteiger partial charge in [-0.05, 0) is 30.2 Å². The Labute approximate surface area is 128 Å². The Hall–Kier alpha value is -1.86. The molecule has 0 saturated heterocycles. The van der Waals surface area contributed by atoms with Crippen molar-refractivity contribution in [2.24, 2.45) is 0 Å². The van der Waals surface area contributed by atoms with E-state index in [1.807, 2.05) is 36.6 Å². The molecule has 0 aliphatic carbocycles. The van der Waals surface area contributed by atoms with Crippen LogP contribution in [0.4, 0.5) is 10.8 Å². The van der Waals surface area contributed by atoms with Crippen molar-refractivity contribution < 1.29 is 8.42 Å². The second kappa shape index (κ2) is 6.73. The van der Waals surface area contributed by atoms with Crippen molar-refractivity contribution in [3.05, 3.63) is 40.9 Å². The van der Waals surface area contributed by atoms with Crippen LogP contribution in [0, 0.1) is 0 Å². The normalized spacial score (nSPS) is 11.9. The van der Waals surface area contributed by atoms with Gasteiger partial charge >= 0.3 is 0 Å². The minimum atomic E-state index is -3.24. The van der Waals surface area contributed by atoms with Gasteiger partial charge in [-0.3, -0.25) is 4.72 Å². The molecule has 0 aliphatic heterocycles. The molecule has 0 spiro atoms. The van der Waals surface area contributed by atoms with Crippen LogP contribution in [0.5, 0.6) is 0 Å². The molecule has 2 aromatic rings. The molecule has 1 aromatic heterocycles. The third kappa shape index (κ3) is 4.87. The molecule has 5 nitrogen and oxygen atoms in total. The number of rotatable bonds is 6. The zero-order valence-corrected chi connectivity index (χ0v) is 13.2. The van der Waals surface area contributed by atoms with Crippen molar-refractivity contribution in [3.8, 4) is 0 Å². The van der Waals surface area contributed by atoms with E-state index < -0.39 is 10.0 Å². The molecule has 3 N–H and O–H groups in total. The summed E-state index contributed by atoms with van der Waals surface area (Å²) in [6.07, 6.45) is 4.36. The Bertz CT molecular complexity index is 719. The number of aromatic nitrogens is 1. The molecule has 0 aliphatic rings. The molecule has 0 radical (unpaired) electrons. The quantitative estimate of drug-likeness (QED) is 0.855. The van der Waals surface area contributed by atoms with Crippen LogP contribution >= 0.6 is 11.3 Å². The zero-order valence-electron chi connectivity index (χ0n) is 11.6. The molecular weight excluding hydrogens is 306 g/mol. The minimum absolute atomic E-state index is 0.125. The molecule has 1 aromatic carbocycles. The first-order valence-corrected chi connectivity index (χ1v) is 9.01. The fourth-order valence-electron chi connectivity index (χ4n) is 1.72. The minimum Gasteiger partial charge on any atom is -0.375 e. The van der Waals surface area contributed by atoms with E-state index in [4.69, 9.17) is 5.73 Å². The van der Waals surface area contributed by atoms with Crippen LogP contribution in [0.3, 0.4) is 0 Å². The van der Waals surface area contributed by atoms with Gasteiger partial charge in [0.05, 0.1) is 11.4 Å². The number of nitrogens with two attached hydrogens (primary N) is 1. The van der Waals surface area contributed by atoms with Gasteiger partial charge in [-0.25, -0.2) is 13.4 Å². The van der Waals surface area contributed by atoms with Crippen molar-refractivity contribution >= 4 is 44.3 Å². The fraction of sp³-hybridized carbons (Fsp3) is 0.214. The Morgan fingerprint density at radius 2 is 2.00 bits per heavy atom. The first-order chi connectivity index (χ1) is 9.98. The third-order valence-electron chi connectivity index (χ3n) is 2.64. The van der Waals surface area contributed by atoms with Gasteiger partial charge in [0.15, 0.2) is 5.13 Å². The summed E-state index contributed by atoms with van der Waals surface area (Å²) in [6.45, 7) is 1.83. The SMILES string of the molecule is CCCS(=O)(=O)Nc1ccc(C=Cc2csc(N)n2)cc1. The molecular formula is C14H17N3O2S2. The molecule has 21 heavy (non-hydrogen) atoms. The van der Waals surface area contributed by atoms with Crippen LogP contribution in [0.1, 0.15) is 24.6 Å². The van der Waals surface area contributed by atoms with Gasteiger partial charge in [0, 0.05) is 11.1 Å². The highest BCUT2D eigenvalue weighted by Gasteiger charge is 2.07. The molecule has 0 saturated carbocycles. The summed E-state index contributed by atoms with van der Waals surface area (Å²) >= 11 is 1.39. The molecule has 0 atom stereocenters. The van der Waals surface area contributed by atoms with E-state index >= 15 is 0 Å². The van der Waals surface area contributed by atoms with Crippen molar-refractivity contribution in [2.45, 2.75) is 13.3 Å². The lowest BCUT2D eigenvalue weighted by molar-refractivity contribution is 0.600. The Kier molecular flexibility index (Phi) is 4.98. The van der Waals surface area contributed by atoms with E-state index in [-0.39, 0.29) is 5.75 Å². The summed E-state index contributed by atoms with van der Waals surface area (Å²) in [7, 11) is -3.24. The summed E-state index contributed by atoms with van der Waals surface area (Å²) in [4.78, 5) is 4.13. The molecule has 0 bridgehead atoms. The van der Waals surface area contributed by atoms with Gasteiger partial charge < -0.3 is 5.73 Å². The zero-order chi connectivity index (χ0) is 15.3. The first-order valence-electron chi connectivity index (χ1n) is 6.48. The van der Waals surface area contributed by atoms with Gasteiger partial charge in [-0.2, -0.15) is 0 Å². The number of nitrogens with zero attached hydrogens (tertiary/aromatic N) is 1. The van der Waals surface area contributed by atoms with E-state index in [0.29, 0.717) is 17.2 Å². The first kappa shape index (κ1) is 15.5. The monoisotopic (exact) mass is 323 g/mol. The van der Waals surface area contributed by atoms with E-state index in [2.05, 4.69) is 9.71 Å². The molecule has 0 amide bonds. The van der Waals surface area contributed by atoms with Crippen molar-refractivity contribution in [2.75, 3.05) is 16.2 Å². The van der Waals surface area contributed by atoms with Gasteiger partial charge in [-0.15, -0.1) is 11.3 Å². The average molecular weight is 323 g/mol. The average Bonchev–Trinajstić information content (AvgIpc) is 2.83. The maximum Gasteiger partial charge on any atom is 0.232 e. The highest BCUT2D eigenvalue weighted by Crippen LogP contribution is 2.16. The van der Waals surface area contributed by atoms with E-state index in [9.17, 15) is 8.42 Å². The molecule has 1 heterocycles. The van der Waals surface area contributed by atoms with E-state index in [1.54, 1.807) is 12.1 Å². The predicted molar refractivity (Wildman–Crippen MR) is 89.6 cm³/mol. The summed E-state index contributed by atoms with van der Waals surface area (Å²) in [5.41, 5.74) is 7.90. The third-order valence-corrected chi connectivity index (χ3v) is 4.83. The highest BCUT2D eigenvalue weighted by molar-refractivity contribution is 7.92. The topological polar surface area (TPSA) is 85.1 Å². The number of hydrogen-bond donors (Lipinski definition) is 2. The highest BCUT2D eigenvalue weighted by atomic mass is 32.2. The standard InChI is InChI=1S/C14H17N3O2S2/c1-2-9-21(18,19)17-12-6-3-11(4-7-12)5-8-13-10-20-14(15)16-13/h3-8,10,17H,2,9H2,1H3,(H2,15,16). The van der Waals surface area contributed by atoms with Crippen molar-refractivity contribution in [1.29, 1.82) is 0 Å². The second-order valence-electron chi connectivity index (χ2n) is 4.49. The van der Waals surface area contributed by atoms with E-state index in [1.165, 1.54) is 11.3 Å². The number of hydrogen-bond acceptors (Lipinski definition) is 5. The number of nitrogens with one attached hydrogen (secondary N) is 1. The molecule has 7 heteroatoms. The summed E-state index contributed by atoms with van der Waals surface area (Å²) < 4.78 is 25.9. The maximum absolute atomic E-state index is 11.7. The van der Waals surface area contributed by atoms with Gasteiger partial charge in [0.25, 0.3) is 0 Å². The van der Waals surface area contributed by atoms with Crippen LogP contribution in [0.15, 0.2) is 29.6 Å². The molecule has 0 unspecified atom stereocenters. The van der Waals surface area contributed by atoms with Crippen LogP contribution in [0.25, 0.3) is 12.2 Å². The number of nitrogen functional groups attached to an aromatic ring is 1. The van der Waals surface area contributed by atoms with Crippen LogP contribution in [-0.4, -0.2) is 19.2 Å². The number of anilines is 2. The molecule has 112 valence electrons. The smallest absolute Gasteiger partial charge is 0.232 e. The number of thiazole rings is 1. The molecule has 0 fully saturated rings. The second-order valence-corrected chi connectivity index (χ2v) is 7.22. The Morgan fingerprint density at radius 1 is 1.29 bits per heavy atom. The van der Waals surface area contributed by atoms with Gasteiger partial charge in [-0.1, -0.05) is 25.1 Å². The lowest BCUT2D eigenvalue weighted by Gasteiger charge is -2.06.